The molecular weight excluding hydrogens is 294 g/mol. The van der Waals surface area contributed by atoms with E-state index in [1.54, 1.807) is 7.05 Å². The minimum atomic E-state index is -4.27. The Labute approximate surface area is 87.5 Å². The standard InChI is InChI=1S/C8H7F3IN/c1-13-7-4-5(8(9,10)11)2-3-6(7)12/h2-4,13H,1H3. The van der Waals surface area contributed by atoms with Crippen molar-refractivity contribution in [1.82, 2.24) is 0 Å². The van der Waals surface area contributed by atoms with Crippen LogP contribution < -0.4 is 5.32 Å². The predicted molar refractivity (Wildman–Crippen MR) is 53.7 cm³/mol. The number of hydrogen-bond acceptors (Lipinski definition) is 1. The molecule has 0 aliphatic heterocycles. The van der Waals surface area contributed by atoms with Gasteiger partial charge in [-0.05, 0) is 40.8 Å². The van der Waals surface area contributed by atoms with Gasteiger partial charge in [0.1, 0.15) is 0 Å². The first kappa shape index (κ1) is 10.6. The third kappa shape index (κ3) is 2.49. The maximum Gasteiger partial charge on any atom is 0.416 e. The lowest BCUT2D eigenvalue weighted by molar-refractivity contribution is -0.137. The van der Waals surface area contributed by atoms with Crippen molar-refractivity contribution >= 4 is 28.3 Å². The molecule has 1 aromatic carbocycles. The third-order valence-electron chi connectivity index (χ3n) is 1.56. The van der Waals surface area contributed by atoms with Crippen molar-refractivity contribution in [3.8, 4) is 0 Å². The molecule has 1 rings (SSSR count). The number of halogens is 4. The SMILES string of the molecule is CNc1cc(C(F)(F)F)ccc1I. The molecular formula is C8H7F3IN. The summed E-state index contributed by atoms with van der Waals surface area (Å²) >= 11 is 1.98. The van der Waals surface area contributed by atoms with Gasteiger partial charge < -0.3 is 5.32 Å². The fourth-order valence-electron chi connectivity index (χ4n) is 0.893. The molecule has 0 unspecified atom stereocenters. The molecule has 0 amide bonds. The minimum Gasteiger partial charge on any atom is -0.387 e. The van der Waals surface area contributed by atoms with Crippen molar-refractivity contribution in [2.24, 2.45) is 0 Å². The van der Waals surface area contributed by atoms with Crippen LogP contribution in [-0.2, 0) is 6.18 Å². The van der Waals surface area contributed by atoms with Crippen LogP contribution in [0, 0.1) is 3.57 Å². The summed E-state index contributed by atoms with van der Waals surface area (Å²) in [4.78, 5) is 0. The molecule has 72 valence electrons. The number of alkyl halides is 3. The van der Waals surface area contributed by atoms with Crippen molar-refractivity contribution in [2.45, 2.75) is 6.18 Å². The second-order valence-electron chi connectivity index (χ2n) is 2.44. The van der Waals surface area contributed by atoms with Crippen LogP contribution in [0.25, 0.3) is 0 Å². The van der Waals surface area contributed by atoms with Crippen LogP contribution in [0.2, 0.25) is 0 Å². The molecule has 0 saturated heterocycles. The summed E-state index contributed by atoms with van der Waals surface area (Å²) in [7, 11) is 1.59. The molecule has 0 aromatic heterocycles. The van der Waals surface area contributed by atoms with E-state index in [9.17, 15) is 13.2 Å². The summed E-state index contributed by atoms with van der Waals surface area (Å²) in [6, 6.07) is 3.61. The van der Waals surface area contributed by atoms with E-state index in [2.05, 4.69) is 5.32 Å². The summed E-state index contributed by atoms with van der Waals surface area (Å²) in [6.07, 6.45) is -4.27. The molecule has 0 saturated carbocycles. The topological polar surface area (TPSA) is 12.0 Å². The van der Waals surface area contributed by atoms with E-state index in [0.29, 0.717) is 5.69 Å². The molecule has 0 aliphatic carbocycles. The Morgan fingerprint density at radius 3 is 2.38 bits per heavy atom. The molecule has 0 fully saturated rings. The highest BCUT2D eigenvalue weighted by Gasteiger charge is 2.30. The molecule has 0 bridgehead atoms. The Balaban J connectivity index is 3.14. The van der Waals surface area contributed by atoms with Crippen LogP contribution in [0.1, 0.15) is 5.56 Å². The summed E-state index contributed by atoms with van der Waals surface area (Å²) < 4.78 is 37.4. The van der Waals surface area contributed by atoms with E-state index in [-0.39, 0.29) is 0 Å². The molecule has 0 atom stereocenters. The van der Waals surface area contributed by atoms with Crippen molar-refractivity contribution in [3.05, 3.63) is 27.3 Å². The molecule has 1 aromatic rings. The van der Waals surface area contributed by atoms with Gasteiger partial charge in [-0.25, -0.2) is 0 Å². The minimum absolute atomic E-state index is 0.496. The first-order valence-electron chi connectivity index (χ1n) is 3.49. The number of anilines is 1. The van der Waals surface area contributed by atoms with Crippen molar-refractivity contribution in [2.75, 3.05) is 12.4 Å². The maximum absolute atomic E-state index is 12.2. The van der Waals surface area contributed by atoms with Crippen LogP contribution in [0.4, 0.5) is 18.9 Å². The van der Waals surface area contributed by atoms with Gasteiger partial charge in [0.05, 0.1) is 5.56 Å². The van der Waals surface area contributed by atoms with Gasteiger partial charge in [0.15, 0.2) is 0 Å². The van der Waals surface area contributed by atoms with Crippen LogP contribution in [0.3, 0.4) is 0 Å². The van der Waals surface area contributed by atoms with Crippen molar-refractivity contribution in [3.63, 3.8) is 0 Å². The fourth-order valence-corrected chi connectivity index (χ4v) is 1.50. The van der Waals surface area contributed by atoms with Gasteiger partial charge in [0.25, 0.3) is 0 Å². The molecule has 0 radical (unpaired) electrons. The number of rotatable bonds is 1. The smallest absolute Gasteiger partial charge is 0.387 e. The quantitative estimate of drug-likeness (QED) is 0.784. The Bertz CT molecular complexity index is 309. The van der Waals surface area contributed by atoms with Gasteiger partial charge in [-0.3, -0.25) is 0 Å². The van der Waals surface area contributed by atoms with Gasteiger partial charge in [-0.1, -0.05) is 0 Å². The molecule has 5 heteroatoms. The lowest BCUT2D eigenvalue weighted by Gasteiger charge is -2.09. The highest BCUT2D eigenvalue weighted by atomic mass is 127. The first-order valence-corrected chi connectivity index (χ1v) is 4.57. The number of nitrogens with one attached hydrogen (secondary N) is 1. The zero-order valence-corrected chi connectivity index (χ0v) is 8.90. The molecule has 0 heterocycles. The normalized spacial score (nSPS) is 11.5. The van der Waals surface area contributed by atoms with Crippen LogP contribution in [0.15, 0.2) is 18.2 Å². The summed E-state index contributed by atoms with van der Waals surface area (Å²) in [5.41, 5.74) is -0.132. The van der Waals surface area contributed by atoms with Gasteiger partial charge in [-0.2, -0.15) is 13.2 Å². The molecule has 13 heavy (non-hydrogen) atoms. The van der Waals surface area contributed by atoms with Crippen LogP contribution in [0.5, 0.6) is 0 Å². The molecule has 1 N–H and O–H groups in total. The van der Waals surface area contributed by atoms with E-state index in [4.69, 9.17) is 0 Å². The Morgan fingerprint density at radius 2 is 1.92 bits per heavy atom. The molecule has 0 aliphatic rings. The Kier molecular flexibility index (Phi) is 3.05. The first-order chi connectivity index (χ1) is 5.95. The Morgan fingerprint density at radius 1 is 1.31 bits per heavy atom. The van der Waals surface area contributed by atoms with Gasteiger partial charge >= 0.3 is 6.18 Å². The highest BCUT2D eigenvalue weighted by Crippen LogP contribution is 2.32. The van der Waals surface area contributed by atoms with Gasteiger partial charge in [-0.15, -0.1) is 0 Å². The number of benzene rings is 1. The summed E-state index contributed by atoms with van der Waals surface area (Å²) in [6.45, 7) is 0. The van der Waals surface area contributed by atoms with Crippen LogP contribution >= 0.6 is 22.6 Å². The second kappa shape index (κ2) is 3.73. The largest absolute Gasteiger partial charge is 0.416 e. The Hall–Kier alpha value is -0.460. The maximum atomic E-state index is 12.2. The second-order valence-corrected chi connectivity index (χ2v) is 3.60. The highest BCUT2D eigenvalue weighted by molar-refractivity contribution is 14.1. The van der Waals surface area contributed by atoms with E-state index in [1.165, 1.54) is 6.07 Å². The van der Waals surface area contributed by atoms with E-state index in [0.717, 1.165) is 15.7 Å². The lowest BCUT2D eigenvalue weighted by Crippen LogP contribution is -2.06. The average molecular weight is 301 g/mol. The predicted octanol–water partition coefficient (Wildman–Crippen LogP) is 3.35. The van der Waals surface area contributed by atoms with E-state index in [1.807, 2.05) is 22.6 Å². The monoisotopic (exact) mass is 301 g/mol. The molecule has 1 nitrogen and oxygen atoms in total. The molecule has 0 spiro atoms. The third-order valence-corrected chi connectivity index (χ3v) is 2.50. The fraction of sp³-hybridized carbons (Fsp3) is 0.250. The van der Waals surface area contributed by atoms with Crippen LogP contribution in [-0.4, -0.2) is 7.05 Å². The van der Waals surface area contributed by atoms with Gasteiger partial charge in [0.2, 0.25) is 0 Å². The number of hydrogen-bond donors (Lipinski definition) is 1. The van der Waals surface area contributed by atoms with Gasteiger partial charge in [0, 0.05) is 16.3 Å². The van der Waals surface area contributed by atoms with E-state index < -0.39 is 11.7 Å². The van der Waals surface area contributed by atoms with Crippen molar-refractivity contribution in [1.29, 1.82) is 0 Å². The average Bonchev–Trinajstić information content (AvgIpc) is 2.03. The van der Waals surface area contributed by atoms with Crippen molar-refractivity contribution < 1.29 is 13.2 Å². The summed E-state index contributed by atoms with van der Waals surface area (Å²) in [5.74, 6) is 0. The van der Waals surface area contributed by atoms with E-state index >= 15 is 0 Å². The zero-order chi connectivity index (χ0) is 10.1. The zero-order valence-electron chi connectivity index (χ0n) is 6.74. The summed E-state index contributed by atoms with van der Waals surface area (Å²) in [5, 5.41) is 2.70. The lowest BCUT2D eigenvalue weighted by atomic mass is 10.2.